The van der Waals surface area contributed by atoms with E-state index < -0.39 is 0 Å². The van der Waals surface area contributed by atoms with Gasteiger partial charge < -0.3 is 4.57 Å². The Labute approximate surface area is 282 Å². The third kappa shape index (κ3) is 3.73. The Morgan fingerprint density at radius 1 is 0.388 bits per heavy atom. The average Bonchev–Trinajstić information content (AvgIpc) is 3.68. The van der Waals surface area contributed by atoms with Crippen LogP contribution in [0.2, 0.25) is 0 Å². The monoisotopic (exact) mass is 621 g/mol. The molecule has 0 radical (unpaired) electrons. The summed E-state index contributed by atoms with van der Waals surface area (Å²) in [4.78, 5) is 10.6. The zero-order valence-corrected chi connectivity index (χ0v) is 26.4. The summed E-state index contributed by atoms with van der Waals surface area (Å²) in [5.74, 6) is 0.725. The highest BCUT2D eigenvalue weighted by Crippen LogP contribution is 2.49. The molecule has 2 aromatic heterocycles. The summed E-state index contributed by atoms with van der Waals surface area (Å²) < 4.78 is 2.37. The van der Waals surface area contributed by atoms with E-state index in [-0.39, 0.29) is 0 Å². The highest BCUT2D eigenvalue weighted by atomic mass is 15.0. The van der Waals surface area contributed by atoms with Crippen LogP contribution in [0.3, 0.4) is 0 Å². The molecule has 0 amide bonds. The summed E-state index contributed by atoms with van der Waals surface area (Å²) in [6.07, 6.45) is 0. The number of rotatable bonds is 3. The lowest BCUT2D eigenvalue weighted by atomic mass is 9.95. The fraction of sp³-hybridized carbons (Fsp3) is 0. The van der Waals surface area contributed by atoms with Crippen molar-refractivity contribution in [3.05, 3.63) is 164 Å². The molecular weight excluding hydrogens is 595 g/mol. The Morgan fingerprint density at radius 2 is 1.06 bits per heavy atom. The van der Waals surface area contributed by atoms with Crippen molar-refractivity contribution in [3.63, 3.8) is 0 Å². The van der Waals surface area contributed by atoms with Gasteiger partial charge in [-0.25, -0.2) is 9.97 Å². The number of nitrogens with zero attached hydrogens (tertiary/aromatic N) is 3. The lowest BCUT2D eigenvalue weighted by molar-refractivity contribution is 1.18. The molecule has 2 heterocycles. The number of fused-ring (bicyclic) bond motifs is 9. The van der Waals surface area contributed by atoms with Crippen LogP contribution in [0.25, 0.3) is 105 Å². The van der Waals surface area contributed by atoms with Crippen LogP contribution in [0.5, 0.6) is 0 Å². The van der Waals surface area contributed by atoms with Crippen LogP contribution in [-0.4, -0.2) is 14.5 Å². The van der Waals surface area contributed by atoms with E-state index in [2.05, 4.69) is 168 Å². The van der Waals surface area contributed by atoms with Crippen LogP contribution < -0.4 is 0 Å². The molecule has 10 aromatic rings. The quantitative estimate of drug-likeness (QED) is 0.196. The molecule has 8 aromatic carbocycles. The summed E-state index contributed by atoms with van der Waals surface area (Å²) in [5, 5.41) is 8.47. The van der Waals surface area contributed by atoms with Gasteiger partial charge in [0, 0.05) is 33.0 Å². The van der Waals surface area contributed by atoms with Crippen molar-refractivity contribution < 1.29 is 0 Å². The van der Waals surface area contributed by atoms with Gasteiger partial charge >= 0.3 is 0 Å². The van der Waals surface area contributed by atoms with Gasteiger partial charge in [-0.1, -0.05) is 121 Å². The molecule has 3 heteroatoms. The Kier molecular flexibility index (Phi) is 5.38. The molecule has 0 bridgehead atoms. The highest BCUT2D eigenvalue weighted by Gasteiger charge is 2.24. The Balaban J connectivity index is 1.18. The van der Waals surface area contributed by atoms with E-state index in [1.165, 1.54) is 60.1 Å². The predicted molar refractivity (Wildman–Crippen MR) is 204 cm³/mol. The molecule has 0 fully saturated rings. The van der Waals surface area contributed by atoms with E-state index in [0.717, 1.165) is 44.8 Å². The minimum Gasteiger partial charge on any atom is -0.309 e. The lowest BCUT2D eigenvalue weighted by Crippen LogP contribution is -1.96. The summed E-state index contributed by atoms with van der Waals surface area (Å²) in [5.41, 5.74) is 12.7. The van der Waals surface area contributed by atoms with Gasteiger partial charge in [-0.3, -0.25) is 0 Å². The predicted octanol–water partition coefficient (Wildman–Crippen LogP) is 12.0. The molecule has 49 heavy (non-hydrogen) atoms. The van der Waals surface area contributed by atoms with Crippen molar-refractivity contribution in [1.82, 2.24) is 14.5 Å². The van der Waals surface area contributed by atoms with Gasteiger partial charge in [-0.2, -0.15) is 0 Å². The number of hydrogen-bond acceptors (Lipinski definition) is 2. The third-order valence-corrected chi connectivity index (χ3v) is 10.3. The maximum Gasteiger partial charge on any atom is 0.160 e. The molecule has 3 nitrogen and oxygen atoms in total. The van der Waals surface area contributed by atoms with E-state index in [9.17, 15) is 0 Å². The highest BCUT2D eigenvalue weighted by molar-refractivity contribution is 6.22. The molecule has 226 valence electrons. The first-order chi connectivity index (χ1) is 24.3. The number of aromatic nitrogens is 3. The van der Waals surface area contributed by atoms with Crippen LogP contribution in [0, 0.1) is 0 Å². The zero-order valence-electron chi connectivity index (χ0n) is 26.4. The first-order valence-corrected chi connectivity index (χ1v) is 16.8. The smallest absolute Gasteiger partial charge is 0.160 e. The van der Waals surface area contributed by atoms with Gasteiger partial charge in [0.05, 0.1) is 22.2 Å². The van der Waals surface area contributed by atoms with Crippen molar-refractivity contribution in [2.75, 3.05) is 0 Å². The second-order valence-corrected chi connectivity index (χ2v) is 12.9. The first-order valence-electron chi connectivity index (χ1n) is 16.8. The van der Waals surface area contributed by atoms with E-state index in [4.69, 9.17) is 9.97 Å². The van der Waals surface area contributed by atoms with Crippen molar-refractivity contribution in [1.29, 1.82) is 0 Å². The number of para-hydroxylation sites is 2. The zero-order chi connectivity index (χ0) is 32.1. The molecule has 0 saturated heterocycles. The van der Waals surface area contributed by atoms with Gasteiger partial charge in [0.1, 0.15) is 0 Å². The van der Waals surface area contributed by atoms with Gasteiger partial charge in [0.2, 0.25) is 0 Å². The van der Waals surface area contributed by atoms with Gasteiger partial charge in [0.25, 0.3) is 0 Å². The summed E-state index contributed by atoms with van der Waals surface area (Å²) in [6.45, 7) is 0. The summed E-state index contributed by atoms with van der Waals surface area (Å²) in [7, 11) is 0. The molecule has 11 rings (SSSR count). The van der Waals surface area contributed by atoms with Gasteiger partial charge in [-0.05, 0) is 86.3 Å². The molecule has 1 aliphatic rings. The minimum atomic E-state index is 0.725. The maximum atomic E-state index is 5.42. The van der Waals surface area contributed by atoms with Crippen molar-refractivity contribution in [2.45, 2.75) is 0 Å². The first kappa shape index (κ1) is 26.5. The Morgan fingerprint density at radius 3 is 1.94 bits per heavy atom. The van der Waals surface area contributed by atoms with Crippen molar-refractivity contribution >= 4 is 54.3 Å². The fourth-order valence-electron chi connectivity index (χ4n) is 8.21. The molecule has 0 spiro atoms. The molecule has 0 atom stereocenters. The summed E-state index contributed by atoms with van der Waals surface area (Å²) in [6, 6.07) is 58.8. The fourth-order valence-corrected chi connectivity index (χ4v) is 8.21. The van der Waals surface area contributed by atoms with Crippen molar-refractivity contribution in [3.8, 4) is 50.6 Å². The summed E-state index contributed by atoms with van der Waals surface area (Å²) >= 11 is 0. The van der Waals surface area contributed by atoms with E-state index >= 15 is 0 Å². The van der Waals surface area contributed by atoms with E-state index in [1.807, 2.05) is 0 Å². The standard InChI is InChI=1S/C46H27N3/c1-2-12-30(13-3-1)49-41-25-22-29(27-39(41)44-31-14-5-4-11-28(31)21-26-42(44)49)46-47-40-20-9-8-17-38(40)45(48-46)37-24-23-36-33-16-7-6-15-32(33)34-18-10-19-35(37)43(34)36/h1-27H. The second kappa shape index (κ2) is 9.96. The number of hydrogen-bond donors (Lipinski definition) is 0. The Hall–Kier alpha value is -6.58. The second-order valence-electron chi connectivity index (χ2n) is 12.9. The Bertz CT molecular complexity index is 2960. The van der Waals surface area contributed by atoms with Crippen LogP contribution in [-0.2, 0) is 0 Å². The number of benzene rings is 8. The van der Waals surface area contributed by atoms with Crippen LogP contribution in [0.15, 0.2) is 164 Å². The lowest BCUT2D eigenvalue weighted by Gasteiger charge is -2.13. The van der Waals surface area contributed by atoms with Gasteiger partial charge in [0.15, 0.2) is 5.82 Å². The molecule has 0 saturated carbocycles. The van der Waals surface area contributed by atoms with E-state index in [0.29, 0.717) is 0 Å². The van der Waals surface area contributed by atoms with Crippen molar-refractivity contribution in [2.24, 2.45) is 0 Å². The molecule has 0 unspecified atom stereocenters. The third-order valence-electron chi connectivity index (χ3n) is 10.3. The SMILES string of the molecule is c1ccc(-n2c3ccc(-c4nc(-c5ccc6c7c(cccc57)-c5ccccc5-6)c5ccccc5n4)cc3c3c4ccccc4ccc32)cc1. The molecule has 1 aliphatic carbocycles. The van der Waals surface area contributed by atoms with Crippen LogP contribution in [0.4, 0.5) is 0 Å². The normalized spacial score (nSPS) is 12.1. The van der Waals surface area contributed by atoms with Crippen LogP contribution >= 0.6 is 0 Å². The van der Waals surface area contributed by atoms with E-state index in [1.54, 1.807) is 0 Å². The minimum absolute atomic E-state index is 0.725. The molecule has 0 aliphatic heterocycles. The maximum absolute atomic E-state index is 5.42. The largest absolute Gasteiger partial charge is 0.309 e. The topological polar surface area (TPSA) is 30.7 Å². The average molecular weight is 622 g/mol. The molecule has 0 N–H and O–H groups in total. The van der Waals surface area contributed by atoms with Gasteiger partial charge in [-0.15, -0.1) is 0 Å². The molecular formula is C46H27N3. The van der Waals surface area contributed by atoms with Crippen LogP contribution in [0.1, 0.15) is 0 Å².